The van der Waals surface area contributed by atoms with Crippen molar-refractivity contribution in [1.29, 1.82) is 0 Å². The van der Waals surface area contributed by atoms with Gasteiger partial charge in [0.15, 0.2) is 4.34 Å². The van der Waals surface area contributed by atoms with Crippen LogP contribution < -0.4 is 16.0 Å². The number of halogens is 3. The molecular formula is C20H18F3N5O2S2. The number of carbonyl (C=O) groups is 2. The van der Waals surface area contributed by atoms with Gasteiger partial charge < -0.3 is 16.0 Å². The maximum Gasteiger partial charge on any atom is 0.416 e. The number of hydrogen-bond acceptors (Lipinski definition) is 7. The van der Waals surface area contributed by atoms with Gasteiger partial charge in [0, 0.05) is 24.0 Å². The SMILES string of the molecule is CC(=O)Nc1cccc(Nc2nnc(SC(C)C(=O)Nc3ccc(C(F)(F)F)cc3)s2)c1. The number of hydrogen-bond donors (Lipinski definition) is 3. The molecule has 3 N–H and O–H groups in total. The number of rotatable bonds is 7. The summed E-state index contributed by atoms with van der Waals surface area (Å²) in [6.45, 7) is 3.08. The van der Waals surface area contributed by atoms with Gasteiger partial charge in [-0.25, -0.2) is 0 Å². The lowest BCUT2D eigenvalue weighted by molar-refractivity contribution is -0.137. The van der Waals surface area contributed by atoms with Gasteiger partial charge in [-0.05, 0) is 49.4 Å². The van der Waals surface area contributed by atoms with Crippen LogP contribution in [-0.4, -0.2) is 27.3 Å². The summed E-state index contributed by atoms with van der Waals surface area (Å²) < 4.78 is 38.5. The van der Waals surface area contributed by atoms with Gasteiger partial charge in [0.05, 0.1) is 10.8 Å². The second-order valence-electron chi connectivity index (χ2n) is 6.58. The second-order valence-corrected chi connectivity index (χ2v) is 9.15. The van der Waals surface area contributed by atoms with Crippen molar-refractivity contribution < 1.29 is 22.8 Å². The van der Waals surface area contributed by atoms with Gasteiger partial charge >= 0.3 is 6.18 Å². The molecule has 0 spiro atoms. The average Bonchev–Trinajstić information content (AvgIpc) is 3.14. The highest BCUT2D eigenvalue weighted by atomic mass is 32.2. The number of alkyl halides is 3. The van der Waals surface area contributed by atoms with Crippen LogP contribution in [0.25, 0.3) is 0 Å². The highest BCUT2D eigenvalue weighted by Crippen LogP contribution is 2.32. The Hall–Kier alpha value is -3.12. The summed E-state index contributed by atoms with van der Waals surface area (Å²) >= 11 is 2.42. The molecule has 1 heterocycles. The minimum Gasteiger partial charge on any atom is -0.330 e. The standard InChI is InChI=1S/C20H18F3N5O2S2/c1-11(17(30)25-14-8-6-13(7-9-14)20(21,22)23)31-19-28-27-18(32-19)26-16-5-3-4-15(10-16)24-12(2)29/h3-11H,1-2H3,(H,24,29)(H,25,30)(H,26,27). The van der Waals surface area contributed by atoms with Crippen molar-refractivity contribution in [1.82, 2.24) is 10.2 Å². The molecule has 0 radical (unpaired) electrons. The fourth-order valence-electron chi connectivity index (χ4n) is 2.50. The van der Waals surface area contributed by atoms with Gasteiger partial charge in [-0.2, -0.15) is 13.2 Å². The molecule has 1 aromatic heterocycles. The first-order chi connectivity index (χ1) is 15.1. The van der Waals surface area contributed by atoms with Gasteiger partial charge in [0.1, 0.15) is 0 Å². The van der Waals surface area contributed by atoms with Crippen LogP contribution in [0.4, 0.5) is 35.4 Å². The van der Waals surface area contributed by atoms with Crippen LogP contribution in [-0.2, 0) is 15.8 Å². The molecular weight excluding hydrogens is 463 g/mol. The Morgan fingerprint density at radius 1 is 1.00 bits per heavy atom. The third-order valence-corrected chi connectivity index (χ3v) is 5.99. The van der Waals surface area contributed by atoms with Gasteiger partial charge in [0.2, 0.25) is 16.9 Å². The van der Waals surface area contributed by atoms with Gasteiger partial charge in [-0.15, -0.1) is 10.2 Å². The molecule has 12 heteroatoms. The molecule has 0 aliphatic heterocycles. The van der Waals surface area contributed by atoms with Crippen molar-refractivity contribution in [3.63, 3.8) is 0 Å². The van der Waals surface area contributed by atoms with E-state index in [1.807, 2.05) is 0 Å². The Labute approximate surface area is 189 Å². The third-order valence-electron chi connectivity index (χ3n) is 3.97. The van der Waals surface area contributed by atoms with E-state index < -0.39 is 17.0 Å². The lowest BCUT2D eigenvalue weighted by atomic mass is 10.2. The molecule has 0 saturated heterocycles. The Morgan fingerprint density at radius 3 is 2.34 bits per heavy atom. The number of nitrogens with one attached hydrogen (secondary N) is 3. The normalized spacial score (nSPS) is 12.2. The van der Waals surface area contributed by atoms with E-state index in [1.165, 1.54) is 42.2 Å². The molecule has 0 aliphatic rings. The first-order valence-electron chi connectivity index (χ1n) is 9.23. The molecule has 2 amide bonds. The maximum absolute atomic E-state index is 12.6. The molecule has 168 valence electrons. The number of amides is 2. The fourth-order valence-corrected chi connectivity index (χ4v) is 4.42. The van der Waals surface area contributed by atoms with Crippen LogP contribution in [0, 0.1) is 0 Å². The number of nitrogens with zero attached hydrogens (tertiary/aromatic N) is 2. The lowest BCUT2D eigenvalue weighted by Gasteiger charge is -2.11. The molecule has 0 saturated carbocycles. The lowest BCUT2D eigenvalue weighted by Crippen LogP contribution is -2.22. The van der Waals surface area contributed by atoms with E-state index in [2.05, 4.69) is 26.1 Å². The summed E-state index contributed by atoms with van der Waals surface area (Å²) in [5.41, 5.74) is 0.829. The minimum absolute atomic E-state index is 0.180. The van der Waals surface area contributed by atoms with E-state index in [9.17, 15) is 22.8 Å². The van der Waals surface area contributed by atoms with Crippen LogP contribution in [0.15, 0.2) is 52.9 Å². The average molecular weight is 482 g/mol. The van der Waals surface area contributed by atoms with Gasteiger partial charge in [-0.1, -0.05) is 29.2 Å². The molecule has 0 fully saturated rings. The molecule has 0 bridgehead atoms. The predicted molar refractivity (Wildman–Crippen MR) is 119 cm³/mol. The Bertz CT molecular complexity index is 1100. The summed E-state index contributed by atoms with van der Waals surface area (Å²) in [7, 11) is 0. The number of thioether (sulfide) groups is 1. The topological polar surface area (TPSA) is 96.0 Å². The highest BCUT2D eigenvalue weighted by molar-refractivity contribution is 8.02. The maximum atomic E-state index is 12.6. The molecule has 3 aromatic rings. The number of carbonyl (C=O) groups excluding carboxylic acids is 2. The Morgan fingerprint density at radius 2 is 1.69 bits per heavy atom. The Kier molecular flexibility index (Phi) is 7.36. The van der Waals surface area contributed by atoms with Crippen molar-refractivity contribution in [2.45, 2.75) is 29.6 Å². The Balaban J connectivity index is 1.56. The van der Waals surface area contributed by atoms with Crippen LogP contribution in [0.5, 0.6) is 0 Å². The first kappa shape index (κ1) is 23.5. The summed E-state index contributed by atoms with van der Waals surface area (Å²) in [6, 6.07) is 11.3. The summed E-state index contributed by atoms with van der Waals surface area (Å²) in [4.78, 5) is 23.6. The van der Waals surface area contributed by atoms with E-state index in [1.54, 1.807) is 31.2 Å². The monoisotopic (exact) mass is 481 g/mol. The molecule has 2 aromatic carbocycles. The third kappa shape index (κ3) is 6.69. The van der Waals surface area contributed by atoms with E-state index in [-0.39, 0.29) is 17.5 Å². The number of anilines is 4. The quantitative estimate of drug-likeness (QED) is 0.392. The smallest absolute Gasteiger partial charge is 0.330 e. The van der Waals surface area contributed by atoms with E-state index in [4.69, 9.17) is 0 Å². The zero-order valence-electron chi connectivity index (χ0n) is 16.9. The van der Waals surface area contributed by atoms with Crippen molar-refractivity contribution >= 4 is 57.1 Å². The van der Waals surface area contributed by atoms with Crippen LogP contribution >= 0.6 is 23.1 Å². The van der Waals surface area contributed by atoms with Crippen molar-refractivity contribution in [3.8, 4) is 0 Å². The van der Waals surface area contributed by atoms with Crippen molar-refractivity contribution in [2.75, 3.05) is 16.0 Å². The second kappa shape index (κ2) is 10.0. The molecule has 3 rings (SSSR count). The van der Waals surface area contributed by atoms with E-state index in [0.29, 0.717) is 20.8 Å². The molecule has 7 nitrogen and oxygen atoms in total. The molecule has 32 heavy (non-hydrogen) atoms. The predicted octanol–water partition coefficient (Wildman–Crippen LogP) is 5.38. The summed E-state index contributed by atoms with van der Waals surface area (Å²) in [5.74, 6) is -0.553. The summed E-state index contributed by atoms with van der Waals surface area (Å²) in [5, 5.41) is 16.4. The fraction of sp³-hybridized carbons (Fsp3) is 0.200. The first-order valence-corrected chi connectivity index (χ1v) is 10.9. The van der Waals surface area contributed by atoms with Gasteiger partial charge in [0.25, 0.3) is 0 Å². The largest absolute Gasteiger partial charge is 0.416 e. The highest BCUT2D eigenvalue weighted by Gasteiger charge is 2.30. The zero-order chi connectivity index (χ0) is 23.3. The van der Waals surface area contributed by atoms with Crippen LogP contribution in [0.1, 0.15) is 19.4 Å². The number of aromatic nitrogens is 2. The van der Waals surface area contributed by atoms with Crippen LogP contribution in [0.2, 0.25) is 0 Å². The number of benzene rings is 2. The minimum atomic E-state index is -4.43. The van der Waals surface area contributed by atoms with E-state index in [0.717, 1.165) is 12.1 Å². The van der Waals surface area contributed by atoms with Crippen molar-refractivity contribution in [3.05, 3.63) is 54.1 Å². The molecule has 1 atom stereocenters. The van der Waals surface area contributed by atoms with Crippen molar-refractivity contribution in [2.24, 2.45) is 0 Å². The summed E-state index contributed by atoms with van der Waals surface area (Å²) in [6.07, 6.45) is -4.43. The van der Waals surface area contributed by atoms with Crippen LogP contribution in [0.3, 0.4) is 0 Å². The van der Waals surface area contributed by atoms with Gasteiger partial charge in [-0.3, -0.25) is 9.59 Å². The molecule has 0 aliphatic carbocycles. The zero-order valence-corrected chi connectivity index (χ0v) is 18.5. The van der Waals surface area contributed by atoms with E-state index >= 15 is 0 Å². The molecule has 1 unspecified atom stereocenters.